The first-order chi connectivity index (χ1) is 13.4. The molecule has 0 bridgehead atoms. The van der Waals surface area contributed by atoms with Gasteiger partial charge in [-0.1, -0.05) is 78.4 Å². The van der Waals surface area contributed by atoms with E-state index in [4.69, 9.17) is 0 Å². The number of aryl methyl sites for hydroxylation is 1. The minimum atomic E-state index is -4.06. The summed E-state index contributed by atoms with van der Waals surface area (Å²) in [6.07, 6.45) is 3.52. The lowest BCUT2D eigenvalue weighted by Gasteiger charge is -2.09. The van der Waals surface area contributed by atoms with Crippen molar-refractivity contribution in [3.05, 3.63) is 102 Å². The van der Waals surface area contributed by atoms with Crippen LogP contribution in [0.4, 0.5) is 0 Å². The zero-order valence-electron chi connectivity index (χ0n) is 15.4. The fourth-order valence-electron chi connectivity index (χ4n) is 2.59. The van der Waals surface area contributed by atoms with E-state index in [1.54, 1.807) is 48.5 Å². The largest absolute Gasteiger partial charge is 0.290 e. The Hall–Kier alpha value is -2.70. The summed E-state index contributed by atoms with van der Waals surface area (Å²) in [5.41, 5.74) is 1.88. The summed E-state index contributed by atoms with van der Waals surface area (Å²) in [5.74, 6) is -0.00298. The Labute approximate surface area is 166 Å². The van der Waals surface area contributed by atoms with Gasteiger partial charge in [-0.15, -0.1) is 3.77 Å². The molecule has 0 spiro atoms. The van der Waals surface area contributed by atoms with Gasteiger partial charge in [0, 0.05) is 4.90 Å². The topological polar surface area (TPSA) is 63.6 Å². The minimum Gasteiger partial charge on any atom is -0.243 e. The number of benzene rings is 3. The van der Waals surface area contributed by atoms with Gasteiger partial charge < -0.3 is 0 Å². The van der Waals surface area contributed by atoms with Gasteiger partial charge >= 0.3 is 0 Å². The Morgan fingerprint density at radius 3 is 1.93 bits per heavy atom. The molecule has 3 aromatic rings. The van der Waals surface area contributed by atoms with E-state index in [0.717, 1.165) is 11.1 Å². The molecule has 1 atom stereocenters. The van der Waals surface area contributed by atoms with Gasteiger partial charge in [0.25, 0.3) is 10.0 Å². The molecule has 3 rings (SSSR count). The molecule has 0 radical (unpaired) electrons. The van der Waals surface area contributed by atoms with Gasteiger partial charge in [0.2, 0.25) is 0 Å². The summed E-state index contributed by atoms with van der Waals surface area (Å²) < 4.78 is 43.1. The molecule has 1 unspecified atom stereocenters. The van der Waals surface area contributed by atoms with Crippen LogP contribution in [0.2, 0.25) is 0 Å². The van der Waals surface area contributed by atoms with Gasteiger partial charge in [-0.2, -0.15) is 8.42 Å². The summed E-state index contributed by atoms with van der Waals surface area (Å²) in [5, 5.41) is 0. The Morgan fingerprint density at radius 1 is 0.750 bits per heavy atom. The van der Waals surface area contributed by atoms with E-state index in [0.29, 0.717) is 4.90 Å². The monoisotopic (exact) mass is 411 g/mol. The second-order valence-corrected chi connectivity index (χ2v) is 10.4. The Balaban J connectivity index is 2.04. The van der Waals surface area contributed by atoms with Crippen molar-refractivity contribution in [1.82, 2.24) is 0 Å². The highest BCUT2D eigenvalue weighted by Crippen LogP contribution is 2.21. The van der Waals surface area contributed by atoms with Gasteiger partial charge in [-0.05, 0) is 36.8 Å². The molecule has 0 saturated heterocycles. The number of sulfonamides is 1. The average Bonchev–Trinajstić information content (AvgIpc) is 2.69. The lowest BCUT2D eigenvalue weighted by Crippen LogP contribution is -2.09. The highest BCUT2D eigenvalue weighted by Gasteiger charge is 2.20. The second kappa shape index (κ2) is 8.54. The molecule has 0 aromatic heterocycles. The summed E-state index contributed by atoms with van der Waals surface area (Å²) in [6, 6.07) is 24.4. The SMILES string of the molecule is Cc1ccc(S(=O)(=O)N=S(=O)(C/C=C/c2ccccc2)c2ccccc2)cc1. The van der Waals surface area contributed by atoms with Gasteiger partial charge in [0.1, 0.15) is 0 Å². The molecule has 0 aliphatic rings. The molecule has 0 aliphatic heterocycles. The van der Waals surface area contributed by atoms with Crippen LogP contribution in [0.3, 0.4) is 0 Å². The molecule has 4 nitrogen and oxygen atoms in total. The fraction of sp³-hybridized carbons (Fsp3) is 0.0909. The highest BCUT2D eigenvalue weighted by atomic mass is 32.3. The molecule has 0 heterocycles. The smallest absolute Gasteiger partial charge is 0.243 e. The Kier molecular flexibility index (Phi) is 6.11. The zero-order valence-corrected chi connectivity index (χ0v) is 17.1. The van der Waals surface area contributed by atoms with Crippen LogP contribution in [0.1, 0.15) is 11.1 Å². The third-order valence-electron chi connectivity index (χ3n) is 4.08. The second-order valence-electron chi connectivity index (χ2n) is 6.30. The molecule has 6 heteroatoms. The first kappa shape index (κ1) is 20.0. The standard InChI is InChI=1S/C22H21NO3S2/c1-19-14-16-22(17-15-19)28(25,26)23-27(24,21-12-6-3-7-13-21)18-8-11-20-9-4-2-5-10-20/h2-17H,18H2,1H3/b11-8+. The van der Waals surface area contributed by atoms with Crippen molar-refractivity contribution in [3.8, 4) is 0 Å². The van der Waals surface area contributed by atoms with E-state index in [9.17, 15) is 12.6 Å². The van der Waals surface area contributed by atoms with Crippen molar-refractivity contribution in [2.24, 2.45) is 3.77 Å². The van der Waals surface area contributed by atoms with Crippen LogP contribution in [0.5, 0.6) is 0 Å². The molecule has 0 N–H and O–H groups in total. The van der Waals surface area contributed by atoms with E-state index in [1.165, 1.54) is 12.1 Å². The summed E-state index contributed by atoms with van der Waals surface area (Å²) in [7, 11) is -7.27. The third kappa shape index (κ3) is 4.97. The van der Waals surface area contributed by atoms with Crippen LogP contribution in [0, 0.1) is 6.92 Å². The van der Waals surface area contributed by atoms with Crippen LogP contribution in [-0.2, 0) is 19.8 Å². The predicted octanol–water partition coefficient (Wildman–Crippen LogP) is 4.92. The molecular weight excluding hydrogens is 390 g/mol. The number of nitrogens with zero attached hydrogens (tertiary/aromatic N) is 1. The van der Waals surface area contributed by atoms with E-state index < -0.39 is 19.8 Å². The van der Waals surface area contributed by atoms with Crippen molar-refractivity contribution in [2.75, 3.05) is 5.75 Å². The normalized spacial score (nSPS) is 13.9. The highest BCUT2D eigenvalue weighted by molar-refractivity contribution is 8.03. The maximum atomic E-state index is 13.6. The average molecular weight is 412 g/mol. The van der Waals surface area contributed by atoms with Crippen molar-refractivity contribution in [2.45, 2.75) is 16.7 Å². The lowest BCUT2D eigenvalue weighted by atomic mass is 10.2. The van der Waals surface area contributed by atoms with Crippen molar-refractivity contribution in [3.63, 3.8) is 0 Å². The Morgan fingerprint density at radius 2 is 1.32 bits per heavy atom. The van der Waals surface area contributed by atoms with Crippen LogP contribution >= 0.6 is 0 Å². The lowest BCUT2D eigenvalue weighted by molar-refractivity contribution is 0.598. The molecule has 144 valence electrons. The van der Waals surface area contributed by atoms with Crippen LogP contribution in [0.15, 0.2) is 105 Å². The van der Waals surface area contributed by atoms with Gasteiger partial charge in [-0.25, -0.2) is 4.21 Å². The number of hydrogen-bond donors (Lipinski definition) is 0. The number of hydrogen-bond acceptors (Lipinski definition) is 3. The van der Waals surface area contributed by atoms with E-state index in [-0.39, 0.29) is 10.6 Å². The molecule has 0 amide bonds. The summed E-state index contributed by atoms with van der Waals surface area (Å²) >= 11 is 0. The number of rotatable bonds is 6. The summed E-state index contributed by atoms with van der Waals surface area (Å²) in [4.78, 5) is 0.428. The molecule has 28 heavy (non-hydrogen) atoms. The molecule has 0 aliphatic carbocycles. The van der Waals surface area contributed by atoms with Crippen LogP contribution < -0.4 is 0 Å². The van der Waals surface area contributed by atoms with Crippen LogP contribution in [0.25, 0.3) is 6.08 Å². The van der Waals surface area contributed by atoms with Crippen molar-refractivity contribution < 1.29 is 12.6 Å². The molecular formula is C22H21NO3S2. The summed E-state index contributed by atoms with van der Waals surface area (Å²) in [6.45, 7) is 1.87. The molecule has 0 fully saturated rings. The van der Waals surface area contributed by atoms with Gasteiger partial charge in [0.15, 0.2) is 0 Å². The van der Waals surface area contributed by atoms with Crippen molar-refractivity contribution in [1.29, 1.82) is 0 Å². The van der Waals surface area contributed by atoms with E-state index >= 15 is 0 Å². The predicted molar refractivity (Wildman–Crippen MR) is 114 cm³/mol. The molecule has 3 aromatic carbocycles. The van der Waals surface area contributed by atoms with Crippen molar-refractivity contribution >= 4 is 25.8 Å². The minimum absolute atomic E-state index is 0.00298. The fourth-order valence-corrected chi connectivity index (χ4v) is 6.41. The first-order valence-corrected chi connectivity index (χ1v) is 11.9. The maximum Gasteiger partial charge on any atom is 0.290 e. The quantitative estimate of drug-likeness (QED) is 0.578. The van der Waals surface area contributed by atoms with Gasteiger partial charge in [-0.3, -0.25) is 0 Å². The van der Waals surface area contributed by atoms with E-state index in [2.05, 4.69) is 3.77 Å². The Bertz CT molecular complexity index is 1180. The maximum absolute atomic E-state index is 13.6. The van der Waals surface area contributed by atoms with Gasteiger partial charge in [0.05, 0.1) is 20.4 Å². The third-order valence-corrected chi connectivity index (χ3v) is 8.35. The van der Waals surface area contributed by atoms with E-state index in [1.807, 2.05) is 43.3 Å². The molecule has 0 saturated carbocycles. The first-order valence-electron chi connectivity index (χ1n) is 8.74. The zero-order chi connectivity index (χ0) is 20.0. The van der Waals surface area contributed by atoms with Crippen LogP contribution in [-0.4, -0.2) is 18.4 Å².